The SMILES string of the molecule is Cc1cc(-c2[nH]c3ccc(C4CCN(C(=O)C(=O)N(C)C)CC4)cc3c2C(C)C)ccn1. The van der Waals surface area contributed by atoms with Crippen molar-refractivity contribution in [2.45, 2.75) is 45.4 Å². The number of carbonyl (C=O) groups is 2. The summed E-state index contributed by atoms with van der Waals surface area (Å²) in [6.07, 6.45) is 3.60. The number of aromatic amines is 1. The molecule has 1 aliphatic heterocycles. The Hall–Kier alpha value is -3.15. The largest absolute Gasteiger partial charge is 0.354 e. The lowest BCUT2D eigenvalue weighted by molar-refractivity contribution is -0.150. The van der Waals surface area contributed by atoms with Gasteiger partial charge < -0.3 is 14.8 Å². The highest BCUT2D eigenvalue weighted by atomic mass is 16.2. The van der Waals surface area contributed by atoms with Gasteiger partial charge in [0.15, 0.2) is 0 Å². The zero-order chi connectivity index (χ0) is 23.0. The van der Waals surface area contributed by atoms with Crippen molar-refractivity contribution in [3.63, 3.8) is 0 Å². The minimum atomic E-state index is -0.447. The van der Waals surface area contributed by atoms with E-state index in [9.17, 15) is 9.59 Å². The number of aryl methyl sites for hydroxylation is 1. The maximum absolute atomic E-state index is 12.4. The van der Waals surface area contributed by atoms with E-state index in [0.29, 0.717) is 24.9 Å². The lowest BCUT2D eigenvalue weighted by Gasteiger charge is -2.32. The molecule has 0 radical (unpaired) electrons. The van der Waals surface area contributed by atoms with E-state index in [1.807, 2.05) is 13.1 Å². The summed E-state index contributed by atoms with van der Waals surface area (Å²) in [6, 6.07) is 10.9. The van der Waals surface area contributed by atoms with Gasteiger partial charge in [0.2, 0.25) is 0 Å². The van der Waals surface area contributed by atoms with Crippen LogP contribution in [-0.2, 0) is 9.59 Å². The second kappa shape index (κ2) is 8.77. The first-order valence-corrected chi connectivity index (χ1v) is 11.4. The van der Waals surface area contributed by atoms with Crippen LogP contribution in [0, 0.1) is 6.92 Å². The zero-order valence-electron chi connectivity index (χ0n) is 19.6. The van der Waals surface area contributed by atoms with Crippen LogP contribution in [0.5, 0.6) is 0 Å². The molecule has 1 saturated heterocycles. The van der Waals surface area contributed by atoms with E-state index in [2.05, 4.69) is 54.1 Å². The lowest BCUT2D eigenvalue weighted by Crippen LogP contribution is -2.45. The molecule has 0 bridgehead atoms. The molecule has 2 aromatic heterocycles. The van der Waals surface area contributed by atoms with Crippen molar-refractivity contribution in [1.29, 1.82) is 0 Å². The van der Waals surface area contributed by atoms with Gasteiger partial charge in [-0.2, -0.15) is 0 Å². The van der Waals surface area contributed by atoms with Gasteiger partial charge in [-0.1, -0.05) is 19.9 Å². The Morgan fingerprint density at radius 3 is 2.47 bits per heavy atom. The van der Waals surface area contributed by atoms with Crippen LogP contribution < -0.4 is 0 Å². The highest BCUT2D eigenvalue weighted by molar-refractivity contribution is 6.34. The number of amides is 2. The number of fused-ring (bicyclic) bond motifs is 1. The van der Waals surface area contributed by atoms with Crippen LogP contribution in [0.15, 0.2) is 36.5 Å². The minimum absolute atomic E-state index is 0.374. The van der Waals surface area contributed by atoms with E-state index in [1.165, 1.54) is 27.1 Å². The third-order valence-corrected chi connectivity index (χ3v) is 6.47. The van der Waals surface area contributed by atoms with Crippen molar-refractivity contribution in [3.8, 4) is 11.3 Å². The molecule has 6 nitrogen and oxygen atoms in total. The van der Waals surface area contributed by atoms with E-state index in [1.54, 1.807) is 19.0 Å². The molecule has 0 atom stereocenters. The Bertz CT molecular complexity index is 1150. The van der Waals surface area contributed by atoms with Crippen LogP contribution in [0.25, 0.3) is 22.2 Å². The van der Waals surface area contributed by atoms with Crippen molar-refractivity contribution in [1.82, 2.24) is 19.8 Å². The summed E-state index contributed by atoms with van der Waals surface area (Å²) in [7, 11) is 3.24. The van der Waals surface area contributed by atoms with Gasteiger partial charge in [0.05, 0.1) is 5.69 Å². The number of nitrogens with zero attached hydrogens (tertiary/aromatic N) is 3. The van der Waals surface area contributed by atoms with Crippen LogP contribution in [0.4, 0.5) is 0 Å². The Labute approximate surface area is 189 Å². The number of rotatable bonds is 3. The molecule has 1 fully saturated rings. The summed E-state index contributed by atoms with van der Waals surface area (Å²) in [5.74, 6) is -0.0787. The van der Waals surface area contributed by atoms with Crippen LogP contribution in [0.3, 0.4) is 0 Å². The monoisotopic (exact) mass is 432 g/mol. The quantitative estimate of drug-likeness (QED) is 0.622. The molecule has 1 aliphatic rings. The van der Waals surface area contributed by atoms with E-state index in [4.69, 9.17) is 0 Å². The topological polar surface area (TPSA) is 69.3 Å². The number of likely N-dealkylation sites (N-methyl/N-ethyl adjacent to an activating group) is 1. The fourth-order valence-electron chi connectivity index (χ4n) is 4.76. The molecule has 32 heavy (non-hydrogen) atoms. The summed E-state index contributed by atoms with van der Waals surface area (Å²) >= 11 is 0. The number of H-pyrrole nitrogens is 1. The molecule has 1 aromatic carbocycles. The van der Waals surface area contributed by atoms with Crippen molar-refractivity contribution < 1.29 is 9.59 Å². The van der Waals surface area contributed by atoms with Crippen LogP contribution in [0.1, 0.15) is 55.3 Å². The molecule has 3 heterocycles. The van der Waals surface area contributed by atoms with Crippen molar-refractivity contribution in [2.24, 2.45) is 0 Å². The fraction of sp³-hybridized carbons (Fsp3) is 0.423. The number of pyridine rings is 1. The maximum Gasteiger partial charge on any atom is 0.312 e. The first-order valence-electron chi connectivity index (χ1n) is 11.4. The maximum atomic E-state index is 12.4. The molecular weight excluding hydrogens is 400 g/mol. The number of hydrogen-bond donors (Lipinski definition) is 1. The van der Waals surface area contributed by atoms with Gasteiger partial charge in [-0.25, -0.2) is 0 Å². The number of benzene rings is 1. The van der Waals surface area contributed by atoms with Gasteiger partial charge in [-0.3, -0.25) is 14.6 Å². The van der Waals surface area contributed by atoms with Crippen molar-refractivity contribution in [2.75, 3.05) is 27.2 Å². The molecule has 4 rings (SSSR count). The third-order valence-electron chi connectivity index (χ3n) is 6.47. The summed E-state index contributed by atoms with van der Waals surface area (Å²) in [5, 5.41) is 1.27. The van der Waals surface area contributed by atoms with Crippen LogP contribution in [0.2, 0.25) is 0 Å². The average molecular weight is 433 g/mol. The molecule has 0 aliphatic carbocycles. The van der Waals surface area contributed by atoms with Gasteiger partial charge in [0.1, 0.15) is 0 Å². The van der Waals surface area contributed by atoms with E-state index in [-0.39, 0.29) is 0 Å². The Morgan fingerprint density at radius 2 is 1.84 bits per heavy atom. The predicted octanol–water partition coefficient (Wildman–Crippen LogP) is 4.46. The molecule has 3 aromatic rings. The fourth-order valence-corrected chi connectivity index (χ4v) is 4.76. The number of piperidine rings is 1. The first kappa shape index (κ1) is 22.1. The molecule has 0 saturated carbocycles. The Kier molecular flexibility index (Phi) is 6.04. The van der Waals surface area contributed by atoms with Gasteiger partial charge in [0.25, 0.3) is 0 Å². The summed E-state index contributed by atoms with van der Waals surface area (Å²) in [4.78, 5) is 35.4. The molecule has 2 amide bonds. The van der Waals surface area contributed by atoms with Gasteiger partial charge in [-0.05, 0) is 67.0 Å². The van der Waals surface area contributed by atoms with Gasteiger partial charge in [0, 0.05) is 55.5 Å². The molecule has 1 N–H and O–H groups in total. The van der Waals surface area contributed by atoms with Crippen molar-refractivity contribution in [3.05, 3.63) is 53.3 Å². The minimum Gasteiger partial charge on any atom is -0.354 e. The third kappa shape index (κ3) is 4.14. The van der Waals surface area contributed by atoms with E-state index >= 15 is 0 Å². The molecule has 168 valence electrons. The van der Waals surface area contributed by atoms with Gasteiger partial charge >= 0.3 is 11.8 Å². The smallest absolute Gasteiger partial charge is 0.312 e. The number of nitrogens with one attached hydrogen (secondary N) is 1. The van der Waals surface area contributed by atoms with Gasteiger partial charge in [-0.15, -0.1) is 0 Å². The number of carbonyl (C=O) groups excluding carboxylic acids is 2. The summed E-state index contributed by atoms with van der Waals surface area (Å²) in [5.41, 5.74) is 7.12. The number of hydrogen-bond acceptors (Lipinski definition) is 3. The van der Waals surface area contributed by atoms with Crippen LogP contribution in [-0.4, -0.2) is 58.8 Å². The summed E-state index contributed by atoms with van der Waals surface area (Å²) in [6.45, 7) is 7.72. The van der Waals surface area contributed by atoms with E-state index < -0.39 is 11.8 Å². The normalized spacial score (nSPS) is 14.9. The average Bonchev–Trinajstić information content (AvgIpc) is 3.17. The molecule has 6 heteroatoms. The molecule has 0 spiro atoms. The zero-order valence-corrected chi connectivity index (χ0v) is 19.6. The summed E-state index contributed by atoms with van der Waals surface area (Å²) < 4.78 is 0. The van der Waals surface area contributed by atoms with Crippen molar-refractivity contribution >= 4 is 22.7 Å². The number of likely N-dealkylation sites (tertiary alicyclic amines) is 1. The molecule has 0 unspecified atom stereocenters. The second-order valence-corrected chi connectivity index (χ2v) is 9.33. The van der Waals surface area contributed by atoms with E-state index in [0.717, 1.165) is 29.6 Å². The lowest BCUT2D eigenvalue weighted by atomic mass is 9.87. The highest BCUT2D eigenvalue weighted by Crippen LogP contribution is 2.38. The standard InChI is InChI=1S/C26H32N4O2/c1-16(2)23-21-15-19(18-9-12-30(13-10-18)26(32)25(31)29(4)5)6-7-22(21)28-24(23)20-8-11-27-17(3)14-20/h6-8,11,14-16,18,28H,9-10,12-13H2,1-5H3. The Balaban J connectivity index is 1.61. The predicted molar refractivity (Wildman–Crippen MR) is 128 cm³/mol. The molecular formula is C26H32N4O2. The number of aromatic nitrogens is 2. The highest BCUT2D eigenvalue weighted by Gasteiger charge is 2.29. The van der Waals surface area contributed by atoms with Crippen LogP contribution >= 0.6 is 0 Å². The Morgan fingerprint density at radius 1 is 1.12 bits per heavy atom. The second-order valence-electron chi connectivity index (χ2n) is 9.33. The first-order chi connectivity index (χ1) is 15.3.